The summed E-state index contributed by atoms with van der Waals surface area (Å²) in [4.78, 5) is 30.4. The van der Waals surface area contributed by atoms with E-state index in [0.717, 1.165) is 30.6 Å². The molecule has 1 saturated carbocycles. The summed E-state index contributed by atoms with van der Waals surface area (Å²) in [6.45, 7) is 1.26. The molecule has 6 nitrogen and oxygen atoms in total. The third-order valence-electron chi connectivity index (χ3n) is 4.78. The Labute approximate surface area is 134 Å². The van der Waals surface area contributed by atoms with Crippen LogP contribution in [-0.4, -0.2) is 39.2 Å². The quantitative estimate of drug-likeness (QED) is 0.930. The van der Waals surface area contributed by atoms with Crippen molar-refractivity contribution < 1.29 is 9.59 Å². The van der Waals surface area contributed by atoms with Crippen LogP contribution in [0.3, 0.4) is 0 Å². The fourth-order valence-electron chi connectivity index (χ4n) is 3.47. The standard InChI is InChI=1S/C17H20N4O2/c18-14(22)9-11-6-8-20(10-11)17(23)15-13-3-1-2-7-21(13)16(19-15)12-4-5-12/h1-3,7,11-12H,4-6,8-10H2,(H2,18,22). The molecule has 2 aromatic rings. The lowest BCUT2D eigenvalue weighted by molar-refractivity contribution is -0.118. The van der Waals surface area contributed by atoms with Gasteiger partial charge in [0.15, 0.2) is 5.69 Å². The van der Waals surface area contributed by atoms with E-state index in [1.807, 2.05) is 28.8 Å². The number of likely N-dealkylation sites (tertiary alicyclic amines) is 1. The van der Waals surface area contributed by atoms with Crippen molar-refractivity contribution in [2.45, 2.75) is 31.6 Å². The highest BCUT2D eigenvalue weighted by Crippen LogP contribution is 2.40. The van der Waals surface area contributed by atoms with Crippen molar-refractivity contribution in [1.82, 2.24) is 14.3 Å². The van der Waals surface area contributed by atoms with Gasteiger partial charge in [-0.3, -0.25) is 9.59 Å². The van der Waals surface area contributed by atoms with Gasteiger partial charge in [-0.25, -0.2) is 4.98 Å². The van der Waals surface area contributed by atoms with E-state index in [9.17, 15) is 9.59 Å². The molecule has 2 N–H and O–H groups in total. The first-order valence-electron chi connectivity index (χ1n) is 8.18. The van der Waals surface area contributed by atoms with Crippen LogP contribution in [-0.2, 0) is 4.79 Å². The second-order valence-corrected chi connectivity index (χ2v) is 6.63. The number of nitrogens with two attached hydrogens (primary N) is 1. The van der Waals surface area contributed by atoms with Crippen LogP contribution < -0.4 is 5.73 Å². The fraction of sp³-hybridized carbons (Fsp3) is 0.471. The first kappa shape index (κ1) is 14.2. The molecule has 3 heterocycles. The van der Waals surface area contributed by atoms with Gasteiger partial charge in [-0.2, -0.15) is 0 Å². The highest BCUT2D eigenvalue weighted by Gasteiger charge is 2.33. The number of aromatic nitrogens is 2. The molecular formula is C17H20N4O2. The molecule has 6 heteroatoms. The Balaban J connectivity index is 1.62. The number of nitrogens with zero attached hydrogens (tertiary/aromatic N) is 3. The summed E-state index contributed by atoms with van der Waals surface area (Å²) in [7, 11) is 0. The van der Waals surface area contributed by atoms with Crippen molar-refractivity contribution in [1.29, 1.82) is 0 Å². The van der Waals surface area contributed by atoms with Crippen LogP contribution in [0.1, 0.15) is 47.9 Å². The number of pyridine rings is 1. The van der Waals surface area contributed by atoms with E-state index < -0.39 is 0 Å². The van der Waals surface area contributed by atoms with Gasteiger partial charge >= 0.3 is 0 Å². The van der Waals surface area contributed by atoms with E-state index in [1.165, 1.54) is 0 Å². The molecule has 1 aliphatic heterocycles. The van der Waals surface area contributed by atoms with E-state index in [-0.39, 0.29) is 17.7 Å². The maximum absolute atomic E-state index is 12.9. The molecule has 4 rings (SSSR count). The smallest absolute Gasteiger partial charge is 0.274 e. The number of imidazole rings is 1. The predicted molar refractivity (Wildman–Crippen MR) is 85.0 cm³/mol. The van der Waals surface area contributed by atoms with Crippen LogP contribution in [0.25, 0.3) is 5.52 Å². The molecule has 2 aromatic heterocycles. The van der Waals surface area contributed by atoms with Crippen LogP contribution >= 0.6 is 0 Å². The number of carbonyl (C=O) groups is 2. The van der Waals surface area contributed by atoms with Gasteiger partial charge in [-0.05, 0) is 37.3 Å². The van der Waals surface area contributed by atoms with Crippen molar-refractivity contribution in [3.8, 4) is 0 Å². The molecule has 23 heavy (non-hydrogen) atoms. The number of hydrogen-bond acceptors (Lipinski definition) is 3. The topological polar surface area (TPSA) is 80.7 Å². The van der Waals surface area contributed by atoms with Gasteiger partial charge in [-0.1, -0.05) is 6.07 Å². The average Bonchev–Trinajstić information content (AvgIpc) is 3.15. The van der Waals surface area contributed by atoms with Crippen LogP contribution in [0.15, 0.2) is 24.4 Å². The molecule has 0 bridgehead atoms. The molecule has 0 aromatic carbocycles. The average molecular weight is 312 g/mol. The third kappa shape index (κ3) is 2.58. The van der Waals surface area contributed by atoms with Gasteiger partial charge < -0.3 is 15.0 Å². The summed E-state index contributed by atoms with van der Waals surface area (Å²) < 4.78 is 2.04. The fourth-order valence-corrected chi connectivity index (χ4v) is 3.47. The highest BCUT2D eigenvalue weighted by molar-refractivity contribution is 5.99. The van der Waals surface area contributed by atoms with Crippen molar-refractivity contribution in [3.63, 3.8) is 0 Å². The molecular weight excluding hydrogens is 292 g/mol. The van der Waals surface area contributed by atoms with Gasteiger partial charge in [0.25, 0.3) is 5.91 Å². The molecule has 2 fully saturated rings. The van der Waals surface area contributed by atoms with E-state index in [4.69, 9.17) is 5.73 Å². The lowest BCUT2D eigenvalue weighted by Gasteiger charge is -2.15. The Kier molecular flexibility index (Phi) is 3.32. The molecule has 1 saturated heterocycles. The van der Waals surface area contributed by atoms with Gasteiger partial charge in [0.2, 0.25) is 5.91 Å². The summed E-state index contributed by atoms with van der Waals surface area (Å²) in [6, 6.07) is 5.85. The monoisotopic (exact) mass is 312 g/mol. The van der Waals surface area contributed by atoms with Crippen LogP contribution in [0, 0.1) is 5.92 Å². The van der Waals surface area contributed by atoms with Gasteiger partial charge in [0.1, 0.15) is 5.82 Å². The minimum absolute atomic E-state index is 0.0347. The second-order valence-electron chi connectivity index (χ2n) is 6.63. The normalized spacial score (nSPS) is 21.0. The van der Waals surface area contributed by atoms with Crippen LogP contribution in [0.4, 0.5) is 0 Å². The zero-order chi connectivity index (χ0) is 16.0. The molecule has 0 spiro atoms. The largest absolute Gasteiger partial charge is 0.370 e. The maximum atomic E-state index is 12.9. The Morgan fingerprint density at radius 3 is 2.83 bits per heavy atom. The minimum Gasteiger partial charge on any atom is -0.370 e. The molecule has 1 unspecified atom stereocenters. The number of rotatable bonds is 4. The van der Waals surface area contributed by atoms with E-state index in [0.29, 0.717) is 31.1 Å². The van der Waals surface area contributed by atoms with E-state index >= 15 is 0 Å². The van der Waals surface area contributed by atoms with E-state index in [1.54, 1.807) is 4.90 Å². The summed E-state index contributed by atoms with van der Waals surface area (Å²) in [5.41, 5.74) is 6.67. The number of primary amides is 1. The lowest BCUT2D eigenvalue weighted by Crippen LogP contribution is -2.29. The Morgan fingerprint density at radius 1 is 1.26 bits per heavy atom. The molecule has 1 atom stereocenters. The summed E-state index contributed by atoms with van der Waals surface area (Å²) in [6.07, 6.45) is 5.45. The van der Waals surface area contributed by atoms with Crippen molar-refractivity contribution in [2.24, 2.45) is 11.7 Å². The van der Waals surface area contributed by atoms with Crippen LogP contribution in [0.2, 0.25) is 0 Å². The Hall–Kier alpha value is -2.37. The molecule has 120 valence electrons. The Bertz CT molecular complexity index is 778. The minimum atomic E-state index is -0.298. The number of carbonyl (C=O) groups excluding carboxylic acids is 2. The SMILES string of the molecule is NC(=O)CC1CCN(C(=O)c2nc(C3CC3)n3ccccc23)C1. The van der Waals surface area contributed by atoms with Crippen molar-refractivity contribution in [3.05, 3.63) is 35.9 Å². The van der Waals surface area contributed by atoms with Gasteiger partial charge in [0, 0.05) is 31.6 Å². The second kappa shape index (κ2) is 5.37. The van der Waals surface area contributed by atoms with Crippen molar-refractivity contribution in [2.75, 3.05) is 13.1 Å². The molecule has 2 amide bonds. The first-order chi connectivity index (χ1) is 11.1. The lowest BCUT2D eigenvalue weighted by atomic mass is 10.1. The van der Waals surface area contributed by atoms with Gasteiger partial charge in [-0.15, -0.1) is 0 Å². The third-order valence-corrected chi connectivity index (χ3v) is 4.78. The number of hydrogen-bond donors (Lipinski definition) is 1. The summed E-state index contributed by atoms with van der Waals surface area (Å²) >= 11 is 0. The molecule has 1 aliphatic carbocycles. The zero-order valence-corrected chi connectivity index (χ0v) is 12.9. The van der Waals surface area contributed by atoms with Crippen molar-refractivity contribution >= 4 is 17.3 Å². The summed E-state index contributed by atoms with van der Waals surface area (Å²) in [5, 5.41) is 0. The predicted octanol–water partition coefficient (Wildman–Crippen LogP) is 1.55. The maximum Gasteiger partial charge on any atom is 0.274 e. The van der Waals surface area contributed by atoms with Crippen LogP contribution in [0.5, 0.6) is 0 Å². The zero-order valence-electron chi connectivity index (χ0n) is 12.9. The summed E-state index contributed by atoms with van der Waals surface area (Å²) in [5.74, 6) is 1.32. The number of amides is 2. The van der Waals surface area contributed by atoms with Gasteiger partial charge in [0.05, 0.1) is 5.52 Å². The first-order valence-corrected chi connectivity index (χ1v) is 8.18. The molecule has 2 aliphatic rings. The Morgan fingerprint density at radius 2 is 2.09 bits per heavy atom. The number of fused-ring (bicyclic) bond motifs is 1. The molecule has 0 radical (unpaired) electrons. The van der Waals surface area contributed by atoms with E-state index in [2.05, 4.69) is 4.98 Å². The highest BCUT2D eigenvalue weighted by atomic mass is 16.2.